The van der Waals surface area contributed by atoms with Gasteiger partial charge in [-0.15, -0.1) is 11.3 Å². The van der Waals surface area contributed by atoms with E-state index in [1.165, 1.54) is 17.6 Å². The van der Waals surface area contributed by atoms with Crippen LogP contribution < -0.4 is 0 Å². The fraction of sp³-hybridized carbons (Fsp3) is 0.100. The quantitative estimate of drug-likeness (QED) is 0.804. The summed E-state index contributed by atoms with van der Waals surface area (Å²) in [7, 11) is -3.11. The van der Waals surface area contributed by atoms with Crippen LogP contribution in [0.3, 0.4) is 0 Å². The van der Waals surface area contributed by atoms with Gasteiger partial charge in [0.25, 0.3) is 0 Å². The Morgan fingerprint density at radius 3 is 2.40 bits per heavy atom. The molecule has 1 heterocycles. The summed E-state index contributed by atoms with van der Waals surface area (Å²) < 4.78 is 22.4. The average molecular weight is 238 g/mol. The Labute approximate surface area is 92.3 Å². The van der Waals surface area contributed by atoms with E-state index in [0.29, 0.717) is 4.90 Å². The SMILES string of the molecule is CS(=O)(=O)c1ccc(-c2cn[c]s2)cc1. The van der Waals surface area contributed by atoms with Crippen LogP contribution in [0.2, 0.25) is 0 Å². The highest BCUT2D eigenvalue weighted by molar-refractivity contribution is 7.90. The lowest BCUT2D eigenvalue weighted by Crippen LogP contribution is -1.95. The second-order valence-electron chi connectivity index (χ2n) is 3.11. The first-order chi connectivity index (χ1) is 7.07. The average Bonchev–Trinajstić information content (AvgIpc) is 2.69. The Morgan fingerprint density at radius 1 is 1.27 bits per heavy atom. The van der Waals surface area contributed by atoms with E-state index in [0.717, 1.165) is 10.4 Å². The van der Waals surface area contributed by atoms with Gasteiger partial charge in [0.2, 0.25) is 0 Å². The zero-order valence-electron chi connectivity index (χ0n) is 7.97. The van der Waals surface area contributed by atoms with Gasteiger partial charge in [-0.1, -0.05) is 12.1 Å². The summed E-state index contributed by atoms with van der Waals surface area (Å²) >= 11 is 1.40. The van der Waals surface area contributed by atoms with Crippen molar-refractivity contribution in [2.75, 3.05) is 6.26 Å². The third-order valence-corrected chi connectivity index (χ3v) is 3.84. The molecule has 0 fully saturated rings. The number of thiazole rings is 1. The molecular weight excluding hydrogens is 230 g/mol. The summed E-state index contributed by atoms with van der Waals surface area (Å²) in [6.07, 6.45) is 2.91. The van der Waals surface area contributed by atoms with Gasteiger partial charge in [0.05, 0.1) is 9.77 Å². The molecule has 0 N–H and O–H groups in total. The van der Waals surface area contributed by atoms with Gasteiger partial charge in [-0.3, -0.25) is 0 Å². The van der Waals surface area contributed by atoms with Crippen molar-refractivity contribution in [3.05, 3.63) is 36.0 Å². The fourth-order valence-corrected chi connectivity index (χ4v) is 2.38. The van der Waals surface area contributed by atoms with E-state index < -0.39 is 9.84 Å². The van der Waals surface area contributed by atoms with E-state index in [2.05, 4.69) is 10.5 Å². The van der Waals surface area contributed by atoms with Crippen molar-refractivity contribution in [3.63, 3.8) is 0 Å². The minimum atomic E-state index is -3.11. The summed E-state index contributed by atoms with van der Waals surface area (Å²) in [4.78, 5) is 5.16. The standard InChI is InChI=1S/C10H8NO2S2/c1-15(12,13)9-4-2-8(3-5-9)10-6-11-7-14-10/h2-6H,1H3. The predicted molar refractivity (Wildman–Crippen MR) is 59.5 cm³/mol. The molecule has 0 aliphatic heterocycles. The zero-order valence-corrected chi connectivity index (χ0v) is 9.60. The molecule has 77 valence electrons. The monoisotopic (exact) mass is 238 g/mol. The molecule has 0 amide bonds. The first kappa shape index (κ1) is 10.3. The summed E-state index contributed by atoms with van der Waals surface area (Å²) in [6.45, 7) is 0. The summed E-state index contributed by atoms with van der Waals surface area (Å²) in [5, 5.41) is 0. The van der Waals surface area contributed by atoms with Crippen molar-refractivity contribution < 1.29 is 8.42 Å². The molecule has 1 radical (unpaired) electrons. The lowest BCUT2D eigenvalue weighted by atomic mass is 10.2. The predicted octanol–water partition coefficient (Wildman–Crippen LogP) is 2.01. The molecule has 3 nitrogen and oxygen atoms in total. The lowest BCUT2D eigenvalue weighted by Gasteiger charge is -1.99. The van der Waals surface area contributed by atoms with Crippen LogP contribution in [0.4, 0.5) is 0 Å². The van der Waals surface area contributed by atoms with Gasteiger partial charge in [0.1, 0.15) is 0 Å². The van der Waals surface area contributed by atoms with Gasteiger partial charge in [-0.05, 0) is 17.7 Å². The molecule has 0 bridgehead atoms. The van der Waals surface area contributed by atoms with Crippen molar-refractivity contribution in [3.8, 4) is 10.4 Å². The maximum Gasteiger partial charge on any atom is 0.175 e. The molecule has 0 aliphatic carbocycles. The van der Waals surface area contributed by atoms with Crippen molar-refractivity contribution >= 4 is 21.2 Å². The third kappa shape index (κ3) is 2.24. The van der Waals surface area contributed by atoms with Crippen molar-refractivity contribution in [2.45, 2.75) is 4.90 Å². The Morgan fingerprint density at radius 2 is 1.93 bits per heavy atom. The number of rotatable bonds is 2. The van der Waals surface area contributed by atoms with Gasteiger partial charge in [0.15, 0.2) is 15.3 Å². The Hall–Kier alpha value is -1.20. The zero-order chi connectivity index (χ0) is 10.9. The van der Waals surface area contributed by atoms with Crippen molar-refractivity contribution in [2.24, 2.45) is 0 Å². The maximum absolute atomic E-state index is 11.2. The molecule has 0 spiro atoms. The largest absolute Gasteiger partial charge is 0.241 e. The summed E-state index contributed by atoms with van der Waals surface area (Å²) in [5.74, 6) is 0. The highest BCUT2D eigenvalue weighted by atomic mass is 32.2. The van der Waals surface area contributed by atoms with E-state index >= 15 is 0 Å². The number of benzene rings is 1. The van der Waals surface area contributed by atoms with Gasteiger partial charge >= 0.3 is 0 Å². The molecule has 2 rings (SSSR count). The smallest absolute Gasteiger partial charge is 0.175 e. The van der Waals surface area contributed by atoms with E-state index in [9.17, 15) is 8.42 Å². The minimum absolute atomic E-state index is 0.333. The van der Waals surface area contributed by atoms with Crippen LogP contribution in [-0.2, 0) is 9.84 Å². The van der Waals surface area contributed by atoms with Crippen LogP contribution >= 0.6 is 11.3 Å². The van der Waals surface area contributed by atoms with Crippen molar-refractivity contribution in [1.29, 1.82) is 0 Å². The van der Waals surface area contributed by atoms with Crippen LogP contribution in [0.1, 0.15) is 0 Å². The van der Waals surface area contributed by atoms with Crippen LogP contribution in [0.5, 0.6) is 0 Å². The second kappa shape index (κ2) is 3.75. The minimum Gasteiger partial charge on any atom is -0.241 e. The van der Waals surface area contributed by atoms with E-state index in [-0.39, 0.29) is 0 Å². The lowest BCUT2D eigenvalue weighted by molar-refractivity contribution is 0.602. The van der Waals surface area contributed by atoms with Crippen LogP contribution in [0.25, 0.3) is 10.4 Å². The first-order valence-corrected chi connectivity index (χ1v) is 6.90. The first-order valence-electron chi connectivity index (χ1n) is 4.20. The second-order valence-corrected chi connectivity index (χ2v) is 5.95. The molecule has 15 heavy (non-hydrogen) atoms. The Balaban J connectivity index is 2.42. The maximum atomic E-state index is 11.2. The normalized spacial score (nSPS) is 11.5. The highest BCUT2D eigenvalue weighted by Crippen LogP contribution is 2.23. The molecule has 0 saturated carbocycles. The van der Waals surface area contributed by atoms with E-state index in [4.69, 9.17) is 0 Å². The molecule has 2 aromatic rings. The third-order valence-electron chi connectivity index (χ3n) is 1.96. The highest BCUT2D eigenvalue weighted by Gasteiger charge is 2.07. The van der Waals surface area contributed by atoms with Gasteiger partial charge in [-0.2, -0.15) is 0 Å². The molecule has 1 aromatic heterocycles. The van der Waals surface area contributed by atoms with Gasteiger partial charge < -0.3 is 0 Å². The van der Waals surface area contributed by atoms with E-state index in [1.807, 2.05) is 0 Å². The van der Waals surface area contributed by atoms with Gasteiger partial charge in [-0.25, -0.2) is 13.4 Å². The Kier molecular flexibility index (Phi) is 2.58. The number of sulfone groups is 1. The van der Waals surface area contributed by atoms with Gasteiger partial charge in [0, 0.05) is 12.5 Å². The molecule has 0 saturated heterocycles. The molecule has 5 heteroatoms. The van der Waals surface area contributed by atoms with Crippen LogP contribution in [-0.4, -0.2) is 19.7 Å². The molecule has 0 unspecified atom stereocenters. The van der Waals surface area contributed by atoms with Crippen LogP contribution in [0, 0.1) is 5.51 Å². The number of nitrogens with zero attached hydrogens (tertiary/aromatic N) is 1. The molecular formula is C10H8NO2S2. The number of hydrogen-bond donors (Lipinski definition) is 0. The summed E-state index contributed by atoms with van der Waals surface area (Å²) in [5.41, 5.74) is 3.71. The molecule has 0 aliphatic rings. The molecule has 0 atom stereocenters. The number of hydrogen-bond acceptors (Lipinski definition) is 4. The molecule has 1 aromatic carbocycles. The van der Waals surface area contributed by atoms with E-state index in [1.54, 1.807) is 30.5 Å². The Bertz CT molecular complexity index is 542. The van der Waals surface area contributed by atoms with Crippen molar-refractivity contribution in [1.82, 2.24) is 4.98 Å². The van der Waals surface area contributed by atoms with Crippen LogP contribution in [0.15, 0.2) is 35.4 Å². The number of aromatic nitrogens is 1. The summed E-state index contributed by atoms with van der Waals surface area (Å²) in [6, 6.07) is 6.75. The topological polar surface area (TPSA) is 47.0 Å². The fourth-order valence-electron chi connectivity index (χ4n) is 1.19.